The molecule has 0 radical (unpaired) electrons. The van der Waals surface area contributed by atoms with E-state index in [-0.39, 0.29) is 43.1 Å². The van der Waals surface area contributed by atoms with Gasteiger partial charge in [-0.2, -0.15) is 13.2 Å². The average molecular weight is 614 g/mol. The fourth-order valence-electron chi connectivity index (χ4n) is 6.61. The number of anilines is 1. The Hall–Kier alpha value is -4.13. The maximum atomic E-state index is 13.5. The van der Waals surface area contributed by atoms with Crippen LogP contribution >= 0.6 is 0 Å². The molecule has 2 aromatic rings. The Bertz CT molecular complexity index is 1460. The van der Waals surface area contributed by atoms with Gasteiger partial charge in [0, 0.05) is 56.0 Å². The van der Waals surface area contributed by atoms with Gasteiger partial charge >= 0.3 is 6.18 Å². The Kier molecular flexibility index (Phi) is 8.23. The lowest BCUT2D eigenvalue weighted by Crippen LogP contribution is -2.54. The highest BCUT2D eigenvalue weighted by atomic mass is 19.4. The third-order valence-electron chi connectivity index (χ3n) is 8.95. The lowest BCUT2D eigenvalue weighted by Gasteiger charge is -2.38. The normalized spacial score (nSPS) is 22.8. The quantitative estimate of drug-likeness (QED) is 0.480. The average Bonchev–Trinajstić information content (AvgIpc) is 3.61. The molecule has 3 fully saturated rings. The van der Waals surface area contributed by atoms with Gasteiger partial charge in [-0.05, 0) is 56.1 Å². The van der Waals surface area contributed by atoms with Gasteiger partial charge in [0.2, 0.25) is 17.7 Å². The van der Waals surface area contributed by atoms with Crippen molar-refractivity contribution in [3.05, 3.63) is 59.2 Å². The van der Waals surface area contributed by atoms with E-state index in [1.165, 1.54) is 11.0 Å². The number of piperazine rings is 1. The van der Waals surface area contributed by atoms with Crippen LogP contribution in [-0.2, 0) is 27.1 Å². The van der Waals surface area contributed by atoms with Gasteiger partial charge in [0.1, 0.15) is 18.4 Å². The van der Waals surface area contributed by atoms with Crippen molar-refractivity contribution in [2.45, 2.75) is 50.5 Å². The number of carbonyl (C=O) groups is 4. The third-order valence-corrected chi connectivity index (χ3v) is 8.95. The molecule has 1 N–H and O–H groups in total. The van der Waals surface area contributed by atoms with Crippen LogP contribution in [0.4, 0.5) is 18.9 Å². The molecule has 0 aliphatic carbocycles. The number of hydrogen-bond donors (Lipinski definition) is 1. The summed E-state index contributed by atoms with van der Waals surface area (Å²) in [5.74, 6) is -0.490. The standard InChI is InChI=1S/C31H34F3N5O5/c32-31(33,34)20-4-1-5-21(18-20)36-12-14-38(15-13-36)30(43)25-7-3-11-37(25)16-17-44-26-8-2-6-22-23(26)19-39(29(22)42)24-9-10-27(40)35-28(24)41/h1-2,4-6,8,18,24-25H,3,7,9-17,19H2,(H,35,40,41). The second-order valence-electron chi connectivity index (χ2n) is 11.6. The fourth-order valence-corrected chi connectivity index (χ4v) is 6.61. The Balaban J connectivity index is 1.02. The zero-order valence-electron chi connectivity index (χ0n) is 24.1. The van der Waals surface area contributed by atoms with Gasteiger partial charge in [-0.1, -0.05) is 12.1 Å². The van der Waals surface area contributed by atoms with Gasteiger partial charge in [0.15, 0.2) is 0 Å². The van der Waals surface area contributed by atoms with Crippen LogP contribution in [-0.4, -0.2) is 96.3 Å². The van der Waals surface area contributed by atoms with Crippen LogP contribution in [0.5, 0.6) is 5.75 Å². The molecular weight excluding hydrogens is 579 g/mol. The number of fused-ring (bicyclic) bond motifs is 1. The summed E-state index contributed by atoms with van der Waals surface area (Å²) >= 11 is 0. The maximum Gasteiger partial charge on any atom is 0.416 e. The van der Waals surface area contributed by atoms with E-state index in [2.05, 4.69) is 10.2 Å². The van der Waals surface area contributed by atoms with Gasteiger partial charge in [-0.15, -0.1) is 0 Å². The van der Waals surface area contributed by atoms with E-state index < -0.39 is 23.7 Å². The first-order valence-corrected chi connectivity index (χ1v) is 14.9. The molecule has 4 aliphatic rings. The van der Waals surface area contributed by atoms with Crippen LogP contribution in [0.2, 0.25) is 0 Å². The Morgan fingerprint density at radius 1 is 0.977 bits per heavy atom. The minimum Gasteiger partial charge on any atom is -0.492 e. The van der Waals surface area contributed by atoms with Gasteiger partial charge in [-0.25, -0.2) is 0 Å². The molecule has 10 nitrogen and oxygen atoms in total. The molecule has 6 rings (SSSR count). The van der Waals surface area contributed by atoms with Gasteiger partial charge in [-0.3, -0.25) is 29.4 Å². The van der Waals surface area contributed by atoms with Gasteiger partial charge in [0.05, 0.1) is 18.2 Å². The van der Waals surface area contributed by atoms with Crippen LogP contribution in [0.25, 0.3) is 0 Å². The fraction of sp³-hybridized carbons (Fsp3) is 0.484. The van der Waals surface area contributed by atoms with E-state index in [1.807, 2.05) is 4.90 Å². The number of likely N-dealkylation sites (tertiary alicyclic amines) is 1. The van der Waals surface area contributed by atoms with Crippen LogP contribution in [0.3, 0.4) is 0 Å². The predicted molar refractivity (Wildman–Crippen MR) is 153 cm³/mol. The first-order chi connectivity index (χ1) is 21.1. The summed E-state index contributed by atoms with van der Waals surface area (Å²) in [5, 5.41) is 2.31. The molecule has 0 spiro atoms. The Morgan fingerprint density at radius 2 is 1.75 bits per heavy atom. The molecule has 0 aromatic heterocycles. The summed E-state index contributed by atoms with van der Waals surface area (Å²) in [7, 11) is 0. The SMILES string of the molecule is O=C1CCC(N2Cc3c(OCCN4CCCC4C(=O)N4CCN(c5cccc(C(F)(F)F)c5)CC4)cccc3C2=O)C(=O)N1. The number of piperidine rings is 1. The minimum atomic E-state index is -4.41. The number of amides is 4. The number of ether oxygens (including phenoxy) is 1. The van der Waals surface area contributed by atoms with E-state index in [4.69, 9.17) is 4.74 Å². The second kappa shape index (κ2) is 12.1. The molecule has 13 heteroatoms. The molecular formula is C31H34F3N5O5. The molecule has 234 valence electrons. The van der Waals surface area contributed by atoms with Crippen molar-refractivity contribution < 1.29 is 37.1 Å². The zero-order chi connectivity index (χ0) is 31.0. The summed E-state index contributed by atoms with van der Waals surface area (Å²) in [6, 6.07) is 9.52. The van der Waals surface area contributed by atoms with Crippen molar-refractivity contribution in [2.24, 2.45) is 0 Å². The largest absolute Gasteiger partial charge is 0.492 e. The van der Waals surface area contributed by atoms with E-state index in [1.54, 1.807) is 29.2 Å². The third kappa shape index (κ3) is 5.97. The number of benzene rings is 2. The van der Waals surface area contributed by atoms with E-state index in [0.717, 1.165) is 31.5 Å². The highest BCUT2D eigenvalue weighted by molar-refractivity contribution is 6.05. The molecule has 2 unspecified atom stereocenters. The summed E-state index contributed by atoms with van der Waals surface area (Å²) in [5.41, 5.74) is 0.998. The molecule has 4 aliphatic heterocycles. The molecule has 44 heavy (non-hydrogen) atoms. The van der Waals surface area contributed by atoms with E-state index in [0.29, 0.717) is 61.9 Å². The van der Waals surface area contributed by atoms with Crippen LogP contribution in [0.1, 0.15) is 47.2 Å². The smallest absolute Gasteiger partial charge is 0.416 e. The summed E-state index contributed by atoms with van der Waals surface area (Å²) < 4.78 is 45.6. The van der Waals surface area contributed by atoms with Crippen molar-refractivity contribution in [2.75, 3.05) is 50.8 Å². The number of halogens is 3. The topological polar surface area (TPSA) is 102 Å². The number of nitrogens with zero attached hydrogens (tertiary/aromatic N) is 4. The van der Waals surface area contributed by atoms with E-state index in [9.17, 15) is 32.3 Å². The number of hydrogen-bond acceptors (Lipinski definition) is 7. The first-order valence-electron chi connectivity index (χ1n) is 14.9. The molecule has 0 bridgehead atoms. The van der Waals surface area contributed by atoms with Crippen molar-refractivity contribution in [1.82, 2.24) is 20.0 Å². The molecule has 2 aromatic carbocycles. The lowest BCUT2D eigenvalue weighted by atomic mass is 10.0. The van der Waals surface area contributed by atoms with Crippen LogP contribution in [0.15, 0.2) is 42.5 Å². The molecule has 4 amide bonds. The van der Waals surface area contributed by atoms with Crippen molar-refractivity contribution in [3.63, 3.8) is 0 Å². The maximum absolute atomic E-state index is 13.5. The summed E-state index contributed by atoms with van der Waals surface area (Å²) in [6.07, 6.45) is -2.34. The molecule has 4 heterocycles. The highest BCUT2D eigenvalue weighted by Crippen LogP contribution is 2.34. The van der Waals surface area contributed by atoms with Crippen molar-refractivity contribution in [1.29, 1.82) is 0 Å². The number of carbonyl (C=O) groups excluding carboxylic acids is 4. The monoisotopic (exact) mass is 613 g/mol. The molecule has 3 saturated heterocycles. The van der Waals surface area contributed by atoms with Crippen molar-refractivity contribution in [3.8, 4) is 5.75 Å². The number of alkyl halides is 3. The minimum absolute atomic E-state index is 0.0253. The number of rotatable bonds is 7. The summed E-state index contributed by atoms with van der Waals surface area (Å²) in [4.78, 5) is 57.8. The predicted octanol–water partition coefficient (Wildman–Crippen LogP) is 2.66. The Morgan fingerprint density at radius 3 is 2.50 bits per heavy atom. The number of nitrogens with one attached hydrogen (secondary N) is 1. The highest BCUT2D eigenvalue weighted by Gasteiger charge is 2.40. The summed E-state index contributed by atoms with van der Waals surface area (Å²) in [6.45, 7) is 3.55. The molecule has 2 atom stereocenters. The zero-order valence-corrected chi connectivity index (χ0v) is 24.1. The van der Waals surface area contributed by atoms with E-state index >= 15 is 0 Å². The second-order valence-corrected chi connectivity index (χ2v) is 11.6. The van der Waals surface area contributed by atoms with Gasteiger partial charge in [0.25, 0.3) is 5.91 Å². The van der Waals surface area contributed by atoms with Crippen LogP contribution in [0, 0.1) is 0 Å². The molecule has 0 saturated carbocycles. The van der Waals surface area contributed by atoms with Crippen LogP contribution < -0.4 is 15.0 Å². The first kappa shape index (κ1) is 29.9. The Labute approximate surface area is 252 Å². The number of imide groups is 1. The van der Waals surface area contributed by atoms with Gasteiger partial charge < -0.3 is 19.4 Å². The van der Waals surface area contributed by atoms with Crippen molar-refractivity contribution >= 4 is 29.3 Å². The lowest BCUT2D eigenvalue weighted by molar-refractivity contribution is -0.138.